The van der Waals surface area contributed by atoms with E-state index >= 15 is 0 Å². The third kappa shape index (κ3) is 3.65. The predicted octanol–water partition coefficient (Wildman–Crippen LogP) is -0.391. The number of tetrazole rings is 1. The van der Waals surface area contributed by atoms with Crippen LogP contribution >= 0.6 is 0 Å². The van der Waals surface area contributed by atoms with Crippen molar-refractivity contribution in [2.45, 2.75) is 0 Å². The molecule has 3 N–H and O–H groups in total. The number of hydrogen-bond donors (Lipinski definition) is 2. The Morgan fingerprint density at radius 2 is 2.33 bits per heavy atom. The highest BCUT2D eigenvalue weighted by Crippen LogP contribution is 2.27. The fraction of sp³-hybridized carbons (Fsp3) is 0.182. The van der Waals surface area contributed by atoms with Crippen molar-refractivity contribution in [2.75, 3.05) is 19.5 Å². The number of aliphatic carboxylic acids is 1. The van der Waals surface area contributed by atoms with Crippen LogP contribution in [0.15, 0.2) is 23.3 Å². The molecule has 0 unspecified atom stereocenters. The minimum absolute atomic E-state index is 0.0552. The number of nitrogen functional groups attached to an aromatic ring is 1. The summed E-state index contributed by atoms with van der Waals surface area (Å²) in [5.41, 5.74) is 6.14. The lowest BCUT2D eigenvalue weighted by atomic mass is 10.2. The number of methoxy groups -OCH3 is 1. The number of hydrogen-bond acceptors (Lipinski definition) is 8. The Bertz CT molecular complexity index is 668. The molecule has 0 bridgehead atoms. The van der Waals surface area contributed by atoms with Crippen LogP contribution in [-0.2, 0) is 4.79 Å². The quantitative estimate of drug-likeness (QED) is 0.686. The molecule has 10 heteroatoms. The van der Waals surface area contributed by atoms with E-state index in [9.17, 15) is 4.79 Å². The van der Waals surface area contributed by atoms with Gasteiger partial charge in [0.05, 0.1) is 13.3 Å². The highest BCUT2D eigenvalue weighted by atomic mass is 16.5. The average Bonchev–Trinajstić information content (AvgIpc) is 2.88. The maximum Gasteiger partial charge on any atom is 0.341 e. The molecule has 110 valence electrons. The van der Waals surface area contributed by atoms with Crippen molar-refractivity contribution in [3.8, 4) is 11.5 Å². The van der Waals surface area contributed by atoms with Gasteiger partial charge < -0.3 is 20.3 Å². The van der Waals surface area contributed by atoms with Gasteiger partial charge in [-0.15, -0.1) is 0 Å². The van der Waals surface area contributed by atoms with E-state index in [0.29, 0.717) is 17.1 Å². The van der Waals surface area contributed by atoms with Crippen LogP contribution in [0.1, 0.15) is 5.56 Å². The highest BCUT2D eigenvalue weighted by molar-refractivity contribution is 5.81. The first-order chi connectivity index (χ1) is 10.1. The van der Waals surface area contributed by atoms with Gasteiger partial charge in [-0.1, -0.05) is 9.89 Å². The maximum absolute atomic E-state index is 10.5. The van der Waals surface area contributed by atoms with Gasteiger partial charge in [-0.05, 0) is 34.2 Å². The molecule has 1 aromatic heterocycles. The van der Waals surface area contributed by atoms with Crippen LogP contribution in [0.2, 0.25) is 0 Å². The normalized spacial score (nSPS) is 10.7. The number of ether oxygens (including phenoxy) is 2. The molecule has 0 aliphatic carbocycles. The van der Waals surface area contributed by atoms with E-state index in [1.165, 1.54) is 13.3 Å². The first kappa shape index (κ1) is 14.2. The van der Waals surface area contributed by atoms with Crippen molar-refractivity contribution in [3.63, 3.8) is 0 Å². The van der Waals surface area contributed by atoms with Crippen LogP contribution in [0.3, 0.4) is 0 Å². The molecule has 0 fully saturated rings. The van der Waals surface area contributed by atoms with Crippen molar-refractivity contribution in [1.82, 2.24) is 20.3 Å². The van der Waals surface area contributed by atoms with E-state index in [2.05, 4.69) is 20.6 Å². The van der Waals surface area contributed by atoms with Gasteiger partial charge in [-0.3, -0.25) is 0 Å². The summed E-state index contributed by atoms with van der Waals surface area (Å²) in [6.07, 6.45) is 1.47. The molecule has 0 aliphatic rings. The monoisotopic (exact) mass is 292 g/mol. The molecule has 2 aromatic rings. The van der Waals surface area contributed by atoms with Crippen molar-refractivity contribution in [1.29, 1.82) is 0 Å². The lowest BCUT2D eigenvalue weighted by Crippen LogP contribution is -2.10. The number of aromatic nitrogens is 4. The Labute approximate surface area is 118 Å². The molecule has 0 atom stereocenters. The number of anilines is 1. The zero-order chi connectivity index (χ0) is 15.2. The van der Waals surface area contributed by atoms with Crippen LogP contribution < -0.4 is 15.2 Å². The molecular formula is C11H12N6O4. The summed E-state index contributed by atoms with van der Waals surface area (Å²) in [6.45, 7) is -0.453. The summed E-state index contributed by atoms with van der Waals surface area (Å²) < 4.78 is 10.2. The molecule has 0 amide bonds. The van der Waals surface area contributed by atoms with E-state index in [1.807, 2.05) is 0 Å². The molecule has 1 heterocycles. The van der Waals surface area contributed by atoms with Gasteiger partial charge in [-0.25, -0.2) is 4.79 Å². The van der Waals surface area contributed by atoms with Crippen LogP contribution in [0.5, 0.6) is 11.5 Å². The minimum atomic E-state index is -1.07. The molecule has 21 heavy (non-hydrogen) atoms. The summed E-state index contributed by atoms with van der Waals surface area (Å²) in [7, 11) is 1.45. The lowest BCUT2D eigenvalue weighted by molar-refractivity contribution is -0.139. The second-order valence-electron chi connectivity index (χ2n) is 3.76. The molecule has 10 nitrogen and oxygen atoms in total. The van der Waals surface area contributed by atoms with E-state index in [0.717, 1.165) is 4.79 Å². The van der Waals surface area contributed by atoms with Crippen LogP contribution in [0.25, 0.3) is 0 Å². The predicted molar refractivity (Wildman–Crippen MR) is 71.3 cm³/mol. The summed E-state index contributed by atoms with van der Waals surface area (Å²) >= 11 is 0. The van der Waals surface area contributed by atoms with Gasteiger partial charge in [0.25, 0.3) is 5.95 Å². The fourth-order valence-electron chi connectivity index (χ4n) is 1.42. The summed E-state index contributed by atoms with van der Waals surface area (Å²) in [5.74, 6) is -0.319. The van der Waals surface area contributed by atoms with Gasteiger partial charge in [0.2, 0.25) is 0 Å². The number of carboxylic acid groups (broad SMARTS) is 1. The van der Waals surface area contributed by atoms with E-state index in [1.54, 1.807) is 18.2 Å². The van der Waals surface area contributed by atoms with Crippen LogP contribution in [-0.4, -0.2) is 51.3 Å². The zero-order valence-corrected chi connectivity index (χ0v) is 11.0. The van der Waals surface area contributed by atoms with E-state index in [-0.39, 0.29) is 5.95 Å². The van der Waals surface area contributed by atoms with Gasteiger partial charge in [0, 0.05) is 0 Å². The van der Waals surface area contributed by atoms with Crippen LogP contribution in [0.4, 0.5) is 5.95 Å². The Morgan fingerprint density at radius 1 is 1.52 bits per heavy atom. The Balaban J connectivity index is 2.16. The lowest BCUT2D eigenvalue weighted by Gasteiger charge is -2.09. The summed E-state index contributed by atoms with van der Waals surface area (Å²) in [4.78, 5) is 11.5. The second-order valence-corrected chi connectivity index (χ2v) is 3.76. The van der Waals surface area contributed by atoms with E-state index < -0.39 is 12.6 Å². The van der Waals surface area contributed by atoms with Crippen molar-refractivity contribution in [2.24, 2.45) is 5.10 Å². The van der Waals surface area contributed by atoms with Crippen molar-refractivity contribution < 1.29 is 19.4 Å². The Hall–Kier alpha value is -3.17. The second kappa shape index (κ2) is 6.32. The molecule has 0 saturated carbocycles. The van der Waals surface area contributed by atoms with E-state index in [4.69, 9.17) is 20.3 Å². The standard InChI is InChI=1S/C11H12N6O4/c1-20-9-4-7(2-3-8(9)21-6-10(18)19)5-13-17-11(12)14-15-16-17/h2-5H,6H2,1H3,(H,18,19)(H2,12,14,16). The number of rotatable bonds is 6. The number of nitrogens with two attached hydrogens (primary N) is 1. The highest BCUT2D eigenvalue weighted by Gasteiger charge is 2.07. The number of benzene rings is 1. The fourth-order valence-corrected chi connectivity index (χ4v) is 1.42. The minimum Gasteiger partial charge on any atom is -0.493 e. The van der Waals surface area contributed by atoms with Crippen LogP contribution in [0, 0.1) is 0 Å². The molecule has 0 saturated heterocycles. The maximum atomic E-state index is 10.5. The van der Waals surface area contributed by atoms with Gasteiger partial charge in [0.15, 0.2) is 18.1 Å². The zero-order valence-electron chi connectivity index (χ0n) is 11.0. The van der Waals surface area contributed by atoms with Crippen molar-refractivity contribution in [3.05, 3.63) is 23.8 Å². The third-order valence-electron chi connectivity index (χ3n) is 2.33. The third-order valence-corrected chi connectivity index (χ3v) is 2.33. The number of carboxylic acids is 1. The molecule has 2 rings (SSSR count). The average molecular weight is 292 g/mol. The SMILES string of the molecule is COc1cc(C=Nn2nnnc2N)ccc1OCC(=O)O. The largest absolute Gasteiger partial charge is 0.493 e. The molecule has 1 aromatic carbocycles. The topological polar surface area (TPSA) is 138 Å². The van der Waals surface area contributed by atoms with Gasteiger partial charge in [0.1, 0.15) is 0 Å². The number of carbonyl (C=O) groups is 1. The van der Waals surface area contributed by atoms with Crippen molar-refractivity contribution >= 4 is 18.1 Å². The molecular weight excluding hydrogens is 280 g/mol. The Morgan fingerprint density at radius 3 is 2.95 bits per heavy atom. The Kier molecular flexibility index (Phi) is 4.29. The number of nitrogens with zero attached hydrogens (tertiary/aromatic N) is 5. The van der Waals surface area contributed by atoms with Gasteiger partial charge in [-0.2, -0.15) is 5.10 Å². The van der Waals surface area contributed by atoms with Gasteiger partial charge >= 0.3 is 5.97 Å². The first-order valence-corrected chi connectivity index (χ1v) is 5.71. The summed E-state index contributed by atoms with van der Waals surface area (Å²) in [6, 6.07) is 4.87. The smallest absolute Gasteiger partial charge is 0.341 e. The first-order valence-electron chi connectivity index (χ1n) is 5.71. The molecule has 0 spiro atoms. The molecule has 0 aliphatic heterocycles. The molecule has 0 radical (unpaired) electrons. The summed E-state index contributed by atoms with van der Waals surface area (Å²) in [5, 5.41) is 22.9.